The molecule has 4 nitrogen and oxygen atoms in total. The monoisotopic (exact) mass is 540 g/mol. The van der Waals surface area contributed by atoms with Crippen molar-refractivity contribution >= 4 is 59.5 Å². The van der Waals surface area contributed by atoms with Crippen molar-refractivity contribution in [1.29, 1.82) is 0 Å². The van der Waals surface area contributed by atoms with E-state index in [0.29, 0.717) is 26.4 Å². The summed E-state index contributed by atoms with van der Waals surface area (Å²) in [4.78, 5) is 0. The fourth-order valence-electron chi connectivity index (χ4n) is 0.887. The van der Waals surface area contributed by atoms with E-state index in [9.17, 15) is 0 Å². The van der Waals surface area contributed by atoms with E-state index < -0.39 is 11.4 Å². The van der Waals surface area contributed by atoms with E-state index in [-0.39, 0.29) is 27.3 Å². The second kappa shape index (κ2) is 19.5. The molecule has 0 saturated heterocycles. The minimum Gasteiger partial charge on any atom is -0.691 e. The molecule has 136 valence electrons. The molecule has 0 aromatic rings. The number of hydrogen-bond acceptors (Lipinski definition) is 8. The van der Waals surface area contributed by atoms with Gasteiger partial charge in [-0.15, -0.1) is 0 Å². The van der Waals surface area contributed by atoms with Crippen LogP contribution in [0.2, 0.25) is 0 Å². The Morgan fingerprint density at radius 3 is 0.913 bits per heavy atom. The SMILES string of the molecule is CCCOP(=S)([S-])OCCC.CCCOP(=S)([S-])OCCC.[Cd+2]. The smallest absolute Gasteiger partial charge is 0.691 e. The van der Waals surface area contributed by atoms with Crippen LogP contribution in [0.25, 0.3) is 0 Å². The molecule has 0 radical (unpaired) electrons. The van der Waals surface area contributed by atoms with Gasteiger partial charge in [-0.3, -0.25) is 0 Å². The van der Waals surface area contributed by atoms with Gasteiger partial charge < -0.3 is 42.6 Å². The summed E-state index contributed by atoms with van der Waals surface area (Å²) in [7, 11) is 0. The van der Waals surface area contributed by atoms with E-state index in [0.717, 1.165) is 25.7 Å². The first kappa shape index (κ1) is 30.5. The summed E-state index contributed by atoms with van der Waals surface area (Å²) >= 11 is 19.8. The van der Waals surface area contributed by atoms with Crippen LogP contribution in [0.5, 0.6) is 0 Å². The quantitative estimate of drug-likeness (QED) is 0.190. The second-order valence-electron chi connectivity index (χ2n) is 4.23. The van der Waals surface area contributed by atoms with Gasteiger partial charge >= 0.3 is 27.3 Å². The van der Waals surface area contributed by atoms with Crippen LogP contribution in [-0.2, 0) is 93.5 Å². The molecule has 0 saturated carbocycles. The average Bonchev–Trinajstić information content (AvgIpc) is 2.48. The number of hydrogen-bond donors (Lipinski definition) is 0. The van der Waals surface area contributed by atoms with E-state index >= 15 is 0 Å². The van der Waals surface area contributed by atoms with E-state index in [1.807, 2.05) is 27.7 Å². The van der Waals surface area contributed by atoms with Crippen molar-refractivity contribution in [3.63, 3.8) is 0 Å². The molecule has 0 aromatic carbocycles. The maximum Gasteiger partial charge on any atom is 2.00 e. The van der Waals surface area contributed by atoms with Crippen LogP contribution in [0.3, 0.4) is 0 Å². The zero-order valence-corrected chi connectivity index (χ0v) is 23.6. The summed E-state index contributed by atoms with van der Waals surface area (Å²) < 4.78 is 20.8. The van der Waals surface area contributed by atoms with Gasteiger partial charge in [-0.2, -0.15) is 0 Å². The molecular weight excluding hydrogens is 511 g/mol. The van der Waals surface area contributed by atoms with Gasteiger partial charge in [-0.1, -0.05) is 51.3 Å². The summed E-state index contributed by atoms with van der Waals surface area (Å²) in [5.74, 6) is 0. The molecule has 0 spiro atoms. The average molecular weight is 539 g/mol. The Morgan fingerprint density at radius 2 is 0.783 bits per heavy atom. The van der Waals surface area contributed by atoms with Gasteiger partial charge in [0.1, 0.15) is 0 Å². The van der Waals surface area contributed by atoms with Gasteiger partial charge in [0.2, 0.25) is 0 Å². The second-order valence-corrected chi connectivity index (χ2v) is 14.2. The molecule has 0 aliphatic rings. The van der Waals surface area contributed by atoms with Crippen LogP contribution in [0.15, 0.2) is 0 Å². The van der Waals surface area contributed by atoms with Crippen LogP contribution in [0.4, 0.5) is 0 Å². The topological polar surface area (TPSA) is 36.9 Å². The maximum atomic E-state index is 5.20. The van der Waals surface area contributed by atoms with E-state index in [2.05, 4.69) is 0 Å². The molecule has 0 N–H and O–H groups in total. The van der Waals surface area contributed by atoms with E-state index in [1.54, 1.807) is 0 Å². The van der Waals surface area contributed by atoms with Crippen molar-refractivity contribution in [3.05, 3.63) is 0 Å². The Bertz CT molecular complexity index is 295. The maximum absolute atomic E-state index is 5.20. The molecule has 0 unspecified atom stereocenters. The van der Waals surface area contributed by atoms with Crippen LogP contribution in [0, 0.1) is 0 Å². The van der Waals surface area contributed by atoms with Gasteiger partial charge in [-0.25, -0.2) is 0 Å². The molecular formula is C12H28CdO4P2S4. The zero-order valence-electron chi connectivity index (χ0n) is 14.5. The van der Waals surface area contributed by atoms with Gasteiger partial charge in [-0.05, 0) is 25.7 Å². The Balaban J connectivity index is -0.000000333. The minimum absolute atomic E-state index is 0. The van der Waals surface area contributed by atoms with Crippen LogP contribution in [-0.4, -0.2) is 26.4 Å². The number of rotatable bonds is 12. The van der Waals surface area contributed by atoms with Gasteiger partial charge in [0.25, 0.3) is 0 Å². The first-order valence-electron chi connectivity index (χ1n) is 7.44. The third kappa shape index (κ3) is 24.8. The van der Waals surface area contributed by atoms with Crippen LogP contribution in [0.1, 0.15) is 53.4 Å². The summed E-state index contributed by atoms with van der Waals surface area (Å²) in [6.07, 6.45) is 3.74. The largest absolute Gasteiger partial charge is 2.00 e. The van der Waals surface area contributed by atoms with Crippen LogP contribution < -0.4 is 0 Å². The van der Waals surface area contributed by atoms with Crippen molar-refractivity contribution in [1.82, 2.24) is 0 Å². The van der Waals surface area contributed by atoms with Crippen molar-refractivity contribution in [3.8, 4) is 0 Å². The van der Waals surface area contributed by atoms with Crippen molar-refractivity contribution in [2.45, 2.75) is 53.4 Å². The third-order valence-corrected chi connectivity index (χ3v) is 6.34. The summed E-state index contributed by atoms with van der Waals surface area (Å²) in [6.45, 7) is 10.5. The predicted molar refractivity (Wildman–Crippen MR) is 108 cm³/mol. The Kier molecular flexibility index (Phi) is 25.9. The normalized spacial score (nSPS) is 11.4. The Labute approximate surface area is 183 Å². The molecule has 0 aromatic heterocycles. The molecule has 0 heterocycles. The molecule has 23 heavy (non-hydrogen) atoms. The standard InChI is InChI=1S/2C6H15O2PS2.Cd/c2*1-3-5-7-9(10,11)8-6-4-2;/h2*3-6H2,1-2H3,(H,10,11);/q;;+2/p-2. The molecule has 11 heteroatoms. The van der Waals surface area contributed by atoms with Gasteiger partial charge in [0.05, 0.1) is 37.8 Å². The van der Waals surface area contributed by atoms with E-state index in [4.69, 9.17) is 66.2 Å². The fraction of sp³-hybridized carbons (Fsp3) is 1.00. The molecule has 0 atom stereocenters. The van der Waals surface area contributed by atoms with Crippen LogP contribution >= 0.6 is 11.4 Å². The van der Waals surface area contributed by atoms with Crippen molar-refractivity contribution in [2.24, 2.45) is 0 Å². The minimum atomic E-state index is -2.31. The Morgan fingerprint density at radius 1 is 0.609 bits per heavy atom. The van der Waals surface area contributed by atoms with Crippen molar-refractivity contribution < 1.29 is 45.4 Å². The molecule has 0 aliphatic carbocycles. The first-order chi connectivity index (χ1) is 10.2. The molecule has 0 rings (SSSR count). The molecule has 0 aliphatic heterocycles. The molecule has 0 fully saturated rings. The fourth-order valence-corrected chi connectivity index (χ4v) is 4.45. The molecule has 0 amide bonds. The van der Waals surface area contributed by atoms with E-state index in [1.165, 1.54) is 0 Å². The first-order valence-corrected chi connectivity index (χ1v) is 14.7. The summed E-state index contributed by atoms with van der Waals surface area (Å²) in [5, 5.41) is 0. The van der Waals surface area contributed by atoms with Crippen molar-refractivity contribution in [2.75, 3.05) is 26.4 Å². The predicted octanol–water partition coefficient (Wildman–Crippen LogP) is 5.22. The van der Waals surface area contributed by atoms with Gasteiger partial charge in [0, 0.05) is 0 Å². The summed E-state index contributed by atoms with van der Waals surface area (Å²) in [5.41, 5.74) is -4.62. The summed E-state index contributed by atoms with van der Waals surface area (Å²) in [6, 6.07) is 0. The third-order valence-electron chi connectivity index (χ3n) is 1.81. The Hall–Kier alpha value is 2.76. The molecule has 0 bridgehead atoms. The van der Waals surface area contributed by atoms with Gasteiger partial charge in [0.15, 0.2) is 0 Å². The zero-order chi connectivity index (χ0) is 17.5.